The van der Waals surface area contributed by atoms with E-state index in [-0.39, 0.29) is 16.9 Å². The van der Waals surface area contributed by atoms with Gasteiger partial charge in [0.15, 0.2) is 0 Å². The van der Waals surface area contributed by atoms with Crippen LogP contribution < -0.4 is 10.6 Å². The zero-order valence-electron chi connectivity index (χ0n) is 24.2. The van der Waals surface area contributed by atoms with Crippen molar-refractivity contribution < 1.29 is 9.90 Å². The molecule has 1 fully saturated rings. The number of nitrogens with zero attached hydrogens (tertiary/aromatic N) is 1. The lowest BCUT2D eigenvalue weighted by molar-refractivity contribution is 0.159. The van der Waals surface area contributed by atoms with Gasteiger partial charge in [-0.05, 0) is 84.7 Å². The van der Waals surface area contributed by atoms with Crippen molar-refractivity contribution in [1.29, 1.82) is 0 Å². The fraction of sp³-hybridized carbons (Fsp3) is 0.594. The number of carbonyl (C=O) groups is 1. The molecule has 2 amide bonds. The monoisotopic (exact) mass is 507 g/mol. The number of aryl methyl sites for hydroxylation is 2. The fourth-order valence-corrected chi connectivity index (χ4v) is 5.26. The van der Waals surface area contributed by atoms with Crippen molar-refractivity contribution in [1.82, 2.24) is 10.2 Å². The first-order valence-electron chi connectivity index (χ1n) is 14.1. The maximum Gasteiger partial charge on any atom is 0.319 e. The molecule has 37 heavy (non-hydrogen) atoms. The van der Waals surface area contributed by atoms with Gasteiger partial charge in [-0.3, -0.25) is 0 Å². The summed E-state index contributed by atoms with van der Waals surface area (Å²) in [5, 5.41) is 17.1. The van der Waals surface area contributed by atoms with E-state index in [0.29, 0.717) is 18.3 Å². The van der Waals surface area contributed by atoms with E-state index in [0.717, 1.165) is 48.2 Å². The highest BCUT2D eigenvalue weighted by Gasteiger charge is 2.26. The zero-order valence-corrected chi connectivity index (χ0v) is 24.2. The highest BCUT2D eigenvalue weighted by atomic mass is 16.3. The average molecular weight is 508 g/mol. The molecule has 1 aliphatic rings. The van der Waals surface area contributed by atoms with Crippen LogP contribution in [0.3, 0.4) is 0 Å². The van der Waals surface area contributed by atoms with Crippen LogP contribution in [0.2, 0.25) is 0 Å². The number of anilines is 1. The van der Waals surface area contributed by atoms with Crippen LogP contribution in [-0.4, -0.2) is 41.7 Å². The van der Waals surface area contributed by atoms with Crippen LogP contribution in [0.4, 0.5) is 10.5 Å². The smallest absolute Gasteiger partial charge is 0.319 e. The Balaban J connectivity index is 1.62. The lowest BCUT2D eigenvalue weighted by atomic mass is 9.78. The third-order valence-corrected chi connectivity index (χ3v) is 7.58. The molecule has 5 heteroatoms. The molecule has 3 rings (SSSR count). The lowest BCUT2D eigenvalue weighted by Gasteiger charge is -2.33. The number of para-hydroxylation sites is 1. The largest absolute Gasteiger partial charge is 0.507 e. The summed E-state index contributed by atoms with van der Waals surface area (Å²) < 4.78 is 0. The molecule has 0 saturated carbocycles. The average Bonchev–Trinajstić information content (AvgIpc) is 2.81. The first-order valence-corrected chi connectivity index (χ1v) is 14.1. The summed E-state index contributed by atoms with van der Waals surface area (Å²) >= 11 is 0. The molecule has 204 valence electrons. The number of hydrogen-bond donors (Lipinski definition) is 3. The Morgan fingerprint density at radius 2 is 1.65 bits per heavy atom. The van der Waals surface area contributed by atoms with Crippen LogP contribution in [-0.2, 0) is 23.7 Å². The van der Waals surface area contributed by atoms with Crippen LogP contribution in [0.1, 0.15) is 96.4 Å². The highest BCUT2D eigenvalue weighted by Crippen LogP contribution is 2.40. The molecule has 1 atom stereocenters. The molecule has 0 radical (unpaired) electrons. The number of phenolic OH excluding ortho intramolecular Hbond substituents is 1. The third kappa shape index (κ3) is 8.23. The molecule has 3 N–H and O–H groups in total. The molecule has 0 bridgehead atoms. The minimum atomic E-state index is -0.149. The Kier molecular flexibility index (Phi) is 9.68. The first kappa shape index (κ1) is 29.0. The normalized spacial score (nSPS) is 17.0. The Morgan fingerprint density at radius 1 is 1.00 bits per heavy atom. The number of carbonyl (C=O) groups excluding carboxylic acids is 1. The maximum absolute atomic E-state index is 12.6. The number of phenols is 1. The van der Waals surface area contributed by atoms with Crippen molar-refractivity contribution in [2.24, 2.45) is 0 Å². The van der Waals surface area contributed by atoms with E-state index in [4.69, 9.17) is 0 Å². The molecule has 0 aliphatic carbocycles. The van der Waals surface area contributed by atoms with Gasteiger partial charge in [0.25, 0.3) is 0 Å². The molecule has 1 heterocycles. The van der Waals surface area contributed by atoms with Gasteiger partial charge in [0.2, 0.25) is 0 Å². The van der Waals surface area contributed by atoms with Crippen molar-refractivity contribution >= 4 is 11.7 Å². The van der Waals surface area contributed by atoms with Gasteiger partial charge in [-0.25, -0.2) is 4.79 Å². The van der Waals surface area contributed by atoms with E-state index in [9.17, 15) is 9.90 Å². The molecule has 0 spiro atoms. The van der Waals surface area contributed by atoms with E-state index < -0.39 is 0 Å². The summed E-state index contributed by atoms with van der Waals surface area (Å²) in [7, 11) is 0. The number of aromatic hydroxyl groups is 1. The van der Waals surface area contributed by atoms with Crippen LogP contribution in [0.25, 0.3) is 0 Å². The molecule has 1 saturated heterocycles. The van der Waals surface area contributed by atoms with Crippen LogP contribution >= 0.6 is 0 Å². The molecule has 2 aromatic carbocycles. The molecular formula is C32H49N3O2. The van der Waals surface area contributed by atoms with Crippen molar-refractivity contribution in [3.63, 3.8) is 0 Å². The van der Waals surface area contributed by atoms with Gasteiger partial charge in [-0.15, -0.1) is 0 Å². The zero-order chi connectivity index (χ0) is 27.2. The van der Waals surface area contributed by atoms with Gasteiger partial charge in [-0.1, -0.05) is 78.3 Å². The van der Waals surface area contributed by atoms with Crippen molar-refractivity contribution in [2.45, 2.75) is 104 Å². The molecule has 0 aromatic heterocycles. The lowest BCUT2D eigenvalue weighted by Crippen LogP contribution is -2.39. The number of amides is 2. The first-order chi connectivity index (χ1) is 17.4. The van der Waals surface area contributed by atoms with Crippen LogP contribution in [0.15, 0.2) is 36.4 Å². The van der Waals surface area contributed by atoms with Gasteiger partial charge < -0.3 is 20.6 Å². The summed E-state index contributed by atoms with van der Waals surface area (Å²) in [5.74, 6) is 0.414. The highest BCUT2D eigenvalue weighted by molar-refractivity contribution is 5.90. The second kappa shape index (κ2) is 12.3. The Bertz CT molecular complexity index is 1010. The molecular weight excluding hydrogens is 458 g/mol. The number of urea groups is 1. The molecule has 5 nitrogen and oxygen atoms in total. The minimum absolute atomic E-state index is 0.145. The Morgan fingerprint density at radius 3 is 2.27 bits per heavy atom. The summed E-state index contributed by atoms with van der Waals surface area (Å²) in [5.41, 5.74) is 4.85. The topological polar surface area (TPSA) is 64.6 Å². The SMILES string of the molecule is CC1CCCCN1CCCNC(=O)Nc1ccccc1CCc1cc(C(C)(C)C)c(O)c(C(C)(C)C)c1. The number of nitrogens with one attached hydrogen (secondary N) is 2. The van der Waals surface area contributed by atoms with Gasteiger partial charge in [-0.2, -0.15) is 0 Å². The fourth-order valence-electron chi connectivity index (χ4n) is 5.26. The molecule has 1 aliphatic heterocycles. The van der Waals surface area contributed by atoms with Crippen molar-refractivity contribution in [3.05, 3.63) is 58.7 Å². The summed E-state index contributed by atoms with van der Waals surface area (Å²) in [6.45, 7) is 18.1. The number of likely N-dealkylation sites (tertiary alicyclic amines) is 1. The van der Waals surface area contributed by atoms with E-state index in [1.54, 1.807) is 0 Å². The van der Waals surface area contributed by atoms with Gasteiger partial charge >= 0.3 is 6.03 Å². The third-order valence-electron chi connectivity index (χ3n) is 7.58. The van der Waals surface area contributed by atoms with Crippen molar-refractivity contribution in [3.8, 4) is 5.75 Å². The summed E-state index contributed by atoms with van der Waals surface area (Å²) in [4.78, 5) is 15.2. The molecule has 2 aromatic rings. The van der Waals surface area contributed by atoms with Crippen LogP contribution in [0.5, 0.6) is 5.75 Å². The van der Waals surface area contributed by atoms with Crippen LogP contribution in [0, 0.1) is 0 Å². The van der Waals surface area contributed by atoms with Crippen molar-refractivity contribution in [2.75, 3.05) is 25.0 Å². The Hall–Kier alpha value is -2.53. The summed E-state index contributed by atoms with van der Waals surface area (Å²) in [6.07, 6.45) is 6.51. The minimum Gasteiger partial charge on any atom is -0.507 e. The van der Waals surface area contributed by atoms with Gasteiger partial charge in [0, 0.05) is 24.8 Å². The van der Waals surface area contributed by atoms with Gasteiger partial charge in [0.05, 0.1) is 0 Å². The second-order valence-electron chi connectivity index (χ2n) is 12.8. The maximum atomic E-state index is 12.6. The van der Waals surface area contributed by atoms with Gasteiger partial charge in [0.1, 0.15) is 5.75 Å². The standard InChI is InChI=1S/C32H49N3O2/c1-23-13-10-11-19-35(23)20-12-18-33-30(37)34-28-15-9-8-14-25(28)17-16-24-21-26(31(2,3)4)29(36)27(22-24)32(5,6)7/h8-9,14-15,21-23,36H,10-13,16-20H2,1-7H3,(H2,33,34,37). The predicted octanol–water partition coefficient (Wildman–Crippen LogP) is 7.16. The predicted molar refractivity (Wildman–Crippen MR) is 156 cm³/mol. The van der Waals surface area contributed by atoms with E-state index in [1.807, 2.05) is 18.2 Å². The number of rotatable bonds is 8. The van der Waals surface area contributed by atoms with E-state index in [1.165, 1.54) is 31.4 Å². The second-order valence-corrected chi connectivity index (χ2v) is 12.8. The molecule has 1 unspecified atom stereocenters. The number of hydrogen-bond acceptors (Lipinski definition) is 3. The van der Waals surface area contributed by atoms with E-state index >= 15 is 0 Å². The summed E-state index contributed by atoms with van der Waals surface area (Å²) in [6, 6.07) is 12.9. The number of piperidine rings is 1. The Labute approximate surface area is 225 Å². The van der Waals surface area contributed by atoms with E-state index in [2.05, 4.69) is 82.2 Å². The number of benzene rings is 2. The quantitative estimate of drug-likeness (QED) is 0.332.